The van der Waals surface area contributed by atoms with E-state index in [0.29, 0.717) is 5.01 Å². The summed E-state index contributed by atoms with van der Waals surface area (Å²) in [5.74, 6) is 0.0355. The third-order valence-corrected chi connectivity index (χ3v) is 4.63. The van der Waals surface area contributed by atoms with Crippen molar-refractivity contribution in [3.63, 3.8) is 0 Å². The number of nitrogens with zero attached hydrogens (tertiary/aromatic N) is 2. The van der Waals surface area contributed by atoms with Crippen LogP contribution in [0.3, 0.4) is 0 Å². The van der Waals surface area contributed by atoms with E-state index < -0.39 is 0 Å². The zero-order valence-corrected chi connectivity index (χ0v) is 12.0. The van der Waals surface area contributed by atoms with E-state index in [0.717, 1.165) is 35.6 Å². The lowest BCUT2D eigenvalue weighted by atomic mass is 10.0. The summed E-state index contributed by atoms with van der Waals surface area (Å²) in [6, 6.07) is 8.15. The molecule has 0 radical (unpaired) electrons. The first kappa shape index (κ1) is 12.4. The molecule has 0 spiro atoms. The van der Waals surface area contributed by atoms with Crippen LogP contribution in [0.4, 0.5) is 5.69 Å². The van der Waals surface area contributed by atoms with E-state index in [-0.39, 0.29) is 5.91 Å². The maximum absolute atomic E-state index is 12.6. The van der Waals surface area contributed by atoms with Crippen molar-refractivity contribution in [2.75, 3.05) is 11.4 Å². The van der Waals surface area contributed by atoms with Gasteiger partial charge in [-0.3, -0.25) is 4.79 Å². The van der Waals surface area contributed by atoms with Gasteiger partial charge in [0.05, 0.1) is 5.69 Å². The number of rotatable bonds is 1. The number of amides is 1. The van der Waals surface area contributed by atoms with Gasteiger partial charge in [0, 0.05) is 17.1 Å². The van der Waals surface area contributed by atoms with Gasteiger partial charge in [-0.05, 0) is 38.3 Å². The molecule has 2 heterocycles. The van der Waals surface area contributed by atoms with Crippen molar-refractivity contribution >= 4 is 22.9 Å². The summed E-state index contributed by atoms with van der Waals surface area (Å²) in [4.78, 5) is 20.0. The predicted molar refractivity (Wildman–Crippen MR) is 78.0 cm³/mol. The van der Waals surface area contributed by atoms with Gasteiger partial charge in [0.1, 0.15) is 0 Å². The molecular formula is C15H16N2OS. The number of thiazole rings is 1. The lowest BCUT2D eigenvalue weighted by molar-refractivity contribution is 0.0984. The minimum atomic E-state index is 0.0355. The molecule has 0 unspecified atom stereocenters. The molecule has 4 heteroatoms. The minimum Gasteiger partial charge on any atom is -0.306 e. The van der Waals surface area contributed by atoms with Gasteiger partial charge in [0.25, 0.3) is 5.91 Å². The summed E-state index contributed by atoms with van der Waals surface area (Å²) in [6.07, 6.45) is 2.07. The van der Waals surface area contributed by atoms with Crippen LogP contribution in [0.25, 0.3) is 0 Å². The van der Waals surface area contributed by atoms with Gasteiger partial charge in [0.2, 0.25) is 0 Å². The van der Waals surface area contributed by atoms with Gasteiger partial charge in [-0.15, -0.1) is 11.3 Å². The molecule has 1 aliphatic heterocycles. The molecule has 19 heavy (non-hydrogen) atoms. The van der Waals surface area contributed by atoms with Crippen LogP contribution in [-0.2, 0) is 6.42 Å². The standard InChI is InChI=1S/C15H16N2OS/c1-10-11(2)19-14(16-10)15(18)17-9-5-7-12-6-3-4-8-13(12)17/h3-4,6,8H,5,7,9H2,1-2H3. The van der Waals surface area contributed by atoms with Gasteiger partial charge < -0.3 is 4.90 Å². The van der Waals surface area contributed by atoms with Crippen molar-refractivity contribution in [3.05, 3.63) is 45.4 Å². The number of benzene rings is 1. The van der Waals surface area contributed by atoms with Crippen LogP contribution in [0.2, 0.25) is 0 Å². The van der Waals surface area contributed by atoms with Crippen LogP contribution in [0.15, 0.2) is 24.3 Å². The van der Waals surface area contributed by atoms with Gasteiger partial charge in [-0.1, -0.05) is 18.2 Å². The Morgan fingerprint density at radius 3 is 2.84 bits per heavy atom. The Balaban J connectivity index is 1.97. The number of hydrogen-bond acceptors (Lipinski definition) is 3. The van der Waals surface area contributed by atoms with Crippen molar-refractivity contribution in [1.29, 1.82) is 0 Å². The summed E-state index contributed by atoms with van der Waals surface area (Å²) < 4.78 is 0. The molecule has 1 aromatic heterocycles. The summed E-state index contributed by atoms with van der Waals surface area (Å²) in [5, 5.41) is 0.603. The third-order valence-electron chi connectivity index (χ3n) is 3.57. The molecule has 0 aliphatic carbocycles. The number of carbonyl (C=O) groups excluding carboxylic acids is 1. The molecule has 0 N–H and O–H groups in total. The fourth-order valence-corrected chi connectivity index (χ4v) is 3.29. The monoisotopic (exact) mass is 272 g/mol. The molecule has 3 nitrogen and oxygen atoms in total. The van der Waals surface area contributed by atoms with E-state index >= 15 is 0 Å². The van der Waals surface area contributed by atoms with E-state index in [4.69, 9.17) is 0 Å². The van der Waals surface area contributed by atoms with Crippen LogP contribution in [-0.4, -0.2) is 17.4 Å². The molecule has 1 amide bonds. The second kappa shape index (κ2) is 4.78. The molecule has 0 saturated carbocycles. The molecule has 3 rings (SSSR count). The van der Waals surface area contributed by atoms with Crippen molar-refractivity contribution in [2.24, 2.45) is 0 Å². The number of anilines is 1. The first-order valence-electron chi connectivity index (χ1n) is 6.50. The number of aromatic nitrogens is 1. The van der Waals surface area contributed by atoms with Crippen LogP contribution < -0.4 is 4.90 Å². The number of hydrogen-bond donors (Lipinski definition) is 0. The SMILES string of the molecule is Cc1nc(C(=O)N2CCCc3ccccc32)sc1C. The van der Waals surface area contributed by atoms with Gasteiger partial charge in [-0.25, -0.2) is 4.98 Å². The second-order valence-electron chi connectivity index (χ2n) is 4.85. The average Bonchev–Trinajstić information content (AvgIpc) is 2.77. The largest absolute Gasteiger partial charge is 0.306 e. The lowest BCUT2D eigenvalue weighted by Crippen LogP contribution is -2.35. The van der Waals surface area contributed by atoms with E-state index in [2.05, 4.69) is 11.1 Å². The fourth-order valence-electron chi connectivity index (χ4n) is 2.42. The Labute approximate surface area is 116 Å². The highest BCUT2D eigenvalue weighted by Gasteiger charge is 2.25. The summed E-state index contributed by atoms with van der Waals surface area (Å²) >= 11 is 1.49. The quantitative estimate of drug-likeness (QED) is 0.797. The van der Waals surface area contributed by atoms with Crippen LogP contribution in [0.5, 0.6) is 0 Å². The highest BCUT2D eigenvalue weighted by molar-refractivity contribution is 7.13. The molecule has 0 saturated heterocycles. The number of carbonyl (C=O) groups is 1. The Kier molecular flexibility index (Phi) is 3.11. The van der Waals surface area contributed by atoms with E-state index in [9.17, 15) is 4.79 Å². The van der Waals surface area contributed by atoms with Crippen molar-refractivity contribution in [1.82, 2.24) is 4.98 Å². The Morgan fingerprint density at radius 2 is 2.11 bits per heavy atom. The van der Waals surface area contributed by atoms with Crippen molar-refractivity contribution in [2.45, 2.75) is 26.7 Å². The zero-order chi connectivity index (χ0) is 13.4. The number of fused-ring (bicyclic) bond motifs is 1. The third kappa shape index (κ3) is 2.16. The van der Waals surface area contributed by atoms with Gasteiger partial charge in [-0.2, -0.15) is 0 Å². The summed E-state index contributed by atoms with van der Waals surface area (Å²) in [6.45, 7) is 4.74. The van der Waals surface area contributed by atoms with E-state index in [1.54, 1.807) is 0 Å². The lowest BCUT2D eigenvalue weighted by Gasteiger charge is -2.28. The zero-order valence-electron chi connectivity index (χ0n) is 11.1. The van der Waals surface area contributed by atoms with Gasteiger partial charge in [0.15, 0.2) is 5.01 Å². The van der Waals surface area contributed by atoms with E-state index in [1.807, 2.05) is 36.9 Å². The summed E-state index contributed by atoms with van der Waals surface area (Å²) in [5.41, 5.74) is 3.26. The highest BCUT2D eigenvalue weighted by Crippen LogP contribution is 2.29. The van der Waals surface area contributed by atoms with Crippen molar-refractivity contribution < 1.29 is 4.79 Å². The first-order valence-corrected chi connectivity index (χ1v) is 7.32. The Bertz CT molecular complexity index is 613. The van der Waals surface area contributed by atoms with Crippen LogP contribution in [0, 0.1) is 13.8 Å². The molecule has 98 valence electrons. The Morgan fingerprint density at radius 1 is 1.32 bits per heavy atom. The number of aryl methyl sites for hydroxylation is 3. The smallest absolute Gasteiger partial charge is 0.287 e. The van der Waals surface area contributed by atoms with Crippen LogP contribution >= 0.6 is 11.3 Å². The fraction of sp³-hybridized carbons (Fsp3) is 0.333. The molecule has 0 fully saturated rings. The highest BCUT2D eigenvalue weighted by atomic mass is 32.1. The maximum atomic E-state index is 12.6. The minimum absolute atomic E-state index is 0.0355. The Hall–Kier alpha value is -1.68. The molecule has 2 aromatic rings. The van der Waals surface area contributed by atoms with E-state index in [1.165, 1.54) is 16.9 Å². The summed E-state index contributed by atoms with van der Waals surface area (Å²) in [7, 11) is 0. The molecule has 0 atom stereocenters. The normalized spacial score (nSPS) is 14.3. The predicted octanol–water partition coefficient (Wildman–Crippen LogP) is 3.35. The maximum Gasteiger partial charge on any atom is 0.287 e. The topological polar surface area (TPSA) is 33.2 Å². The number of para-hydroxylation sites is 1. The first-order chi connectivity index (χ1) is 9.16. The molecule has 1 aromatic carbocycles. The van der Waals surface area contributed by atoms with Gasteiger partial charge >= 0.3 is 0 Å². The molecule has 0 bridgehead atoms. The van der Waals surface area contributed by atoms with Crippen molar-refractivity contribution in [3.8, 4) is 0 Å². The molecule has 1 aliphatic rings. The average molecular weight is 272 g/mol. The molecular weight excluding hydrogens is 256 g/mol. The second-order valence-corrected chi connectivity index (χ2v) is 6.05. The van der Waals surface area contributed by atoms with Crippen LogP contribution in [0.1, 0.15) is 32.4 Å².